The smallest absolute Gasteiger partial charge is 0.475 e. The molecule has 3 amide bonds. The quantitative estimate of drug-likeness (QED) is 0.703. The van der Waals surface area contributed by atoms with Gasteiger partial charge in [0.1, 0.15) is 0 Å². The average Bonchev–Trinajstić information content (AvgIpc) is 2.68. The van der Waals surface area contributed by atoms with E-state index in [4.69, 9.17) is 20.4 Å². The number of amides is 3. The fraction of sp³-hybridized carbons (Fsp3) is 0.529. The van der Waals surface area contributed by atoms with Crippen LogP contribution in [0.25, 0.3) is 0 Å². The molecule has 9 nitrogen and oxygen atoms in total. The van der Waals surface area contributed by atoms with Gasteiger partial charge in [0.15, 0.2) is 0 Å². The zero-order valence-corrected chi connectivity index (χ0v) is 15.4. The van der Waals surface area contributed by atoms with Crippen molar-refractivity contribution in [3.63, 3.8) is 0 Å². The van der Waals surface area contributed by atoms with E-state index in [-0.39, 0.29) is 11.5 Å². The Hall–Kier alpha value is -2.89. The predicted octanol–water partition coefficient (Wildman–Crippen LogP) is 1.10. The highest BCUT2D eigenvalue weighted by Gasteiger charge is 2.41. The minimum absolute atomic E-state index is 0.0203. The molecule has 160 valence electrons. The maximum atomic E-state index is 12.5. The number of primary amides is 1. The summed E-state index contributed by atoms with van der Waals surface area (Å²) in [4.78, 5) is 40.1. The standard InChI is InChI=1S/C15H20N4O3.C2HF3O2/c16-14(21)18-6-3-15(4-7-18)11-19(8-9-22-15)13(20)12-2-1-5-17-10-12;3-2(4,5)1(6)7/h1-2,5,10H,3-4,6-9,11H2,(H2,16,21);(H,6,7). The number of urea groups is 1. The van der Waals surface area contributed by atoms with Crippen LogP contribution >= 0.6 is 0 Å². The highest BCUT2D eigenvalue weighted by molar-refractivity contribution is 5.94. The lowest BCUT2D eigenvalue weighted by Gasteiger charge is -2.47. The Bertz CT molecular complexity index is 736. The number of likely N-dealkylation sites (tertiary alicyclic amines) is 1. The van der Waals surface area contributed by atoms with Crippen molar-refractivity contribution in [1.82, 2.24) is 14.8 Å². The number of aromatic nitrogens is 1. The summed E-state index contributed by atoms with van der Waals surface area (Å²) in [5, 5.41) is 7.12. The minimum Gasteiger partial charge on any atom is -0.475 e. The van der Waals surface area contributed by atoms with Gasteiger partial charge in [0.2, 0.25) is 0 Å². The third kappa shape index (κ3) is 6.04. The summed E-state index contributed by atoms with van der Waals surface area (Å²) in [7, 11) is 0. The second-order valence-electron chi connectivity index (χ2n) is 6.63. The summed E-state index contributed by atoms with van der Waals surface area (Å²) in [5.74, 6) is -2.78. The van der Waals surface area contributed by atoms with E-state index in [2.05, 4.69) is 4.98 Å². The van der Waals surface area contributed by atoms with Crippen LogP contribution in [0.1, 0.15) is 23.2 Å². The zero-order valence-electron chi connectivity index (χ0n) is 15.4. The molecule has 3 heterocycles. The van der Waals surface area contributed by atoms with E-state index in [0.717, 1.165) is 0 Å². The van der Waals surface area contributed by atoms with Crippen molar-refractivity contribution < 1.29 is 37.4 Å². The van der Waals surface area contributed by atoms with Gasteiger partial charge < -0.3 is 25.4 Å². The molecule has 0 saturated carbocycles. The van der Waals surface area contributed by atoms with E-state index in [1.54, 1.807) is 29.4 Å². The van der Waals surface area contributed by atoms with E-state index >= 15 is 0 Å². The van der Waals surface area contributed by atoms with E-state index in [9.17, 15) is 22.8 Å². The summed E-state index contributed by atoms with van der Waals surface area (Å²) in [5.41, 5.74) is 5.54. The number of rotatable bonds is 1. The molecule has 3 rings (SSSR count). The number of piperidine rings is 1. The maximum Gasteiger partial charge on any atom is 0.490 e. The topological polar surface area (TPSA) is 126 Å². The number of nitrogens with zero attached hydrogens (tertiary/aromatic N) is 3. The highest BCUT2D eigenvalue weighted by atomic mass is 19.4. The number of hydrogen-bond acceptors (Lipinski definition) is 5. The molecule has 2 aliphatic heterocycles. The Labute approximate surface area is 164 Å². The number of carboxylic acid groups (broad SMARTS) is 1. The Morgan fingerprint density at radius 1 is 1.17 bits per heavy atom. The normalized spacial score (nSPS) is 18.6. The predicted molar refractivity (Wildman–Crippen MR) is 92.9 cm³/mol. The number of morpholine rings is 1. The first-order chi connectivity index (χ1) is 13.5. The summed E-state index contributed by atoms with van der Waals surface area (Å²) in [6, 6.07) is 3.14. The average molecular weight is 418 g/mol. The van der Waals surface area contributed by atoms with Crippen LogP contribution in [0.15, 0.2) is 24.5 Å². The highest BCUT2D eigenvalue weighted by Crippen LogP contribution is 2.30. The molecule has 0 aliphatic carbocycles. The Morgan fingerprint density at radius 3 is 2.28 bits per heavy atom. The number of halogens is 3. The van der Waals surface area contributed by atoms with Crippen molar-refractivity contribution in [3.05, 3.63) is 30.1 Å². The van der Waals surface area contributed by atoms with Crippen LogP contribution in [0.5, 0.6) is 0 Å². The number of alkyl halides is 3. The van der Waals surface area contributed by atoms with E-state index < -0.39 is 18.2 Å². The SMILES string of the molecule is NC(=O)N1CCC2(CC1)CN(C(=O)c1cccnc1)CCO2.O=C(O)C(F)(F)F. The first-order valence-electron chi connectivity index (χ1n) is 8.72. The van der Waals surface area contributed by atoms with Gasteiger partial charge in [-0.3, -0.25) is 9.78 Å². The van der Waals surface area contributed by atoms with E-state index in [0.29, 0.717) is 51.2 Å². The molecule has 0 radical (unpaired) electrons. The van der Waals surface area contributed by atoms with Crippen LogP contribution in [0.4, 0.5) is 18.0 Å². The van der Waals surface area contributed by atoms with Crippen LogP contribution in [-0.4, -0.2) is 82.4 Å². The van der Waals surface area contributed by atoms with Crippen molar-refractivity contribution >= 4 is 17.9 Å². The maximum absolute atomic E-state index is 12.5. The third-order valence-electron chi connectivity index (χ3n) is 4.67. The van der Waals surface area contributed by atoms with Gasteiger partial charge in [-0.15, -0.1) is 0 Å². The van der Waals surface area contributed by atoms with Crippen molar-refractivity contribution in [2.75, 3.05) is 32.8 Å². The van der Waals surface area contributed by atoms with Gasteiger partial charge in [0.25, 0.3) is 5.91 Å². The molecule has 2 aliphatic rings. The summed E-state index contributed by atoms with van der Waals surface area (Å²) < 4.78 is 37.7. The Kier molecular flexibility index (Phi) is 7.01. The fourth-order valence-electron chi connectivity index (χ4n) is 3.13. The molecule has 0 bridgehead atoms. The number of hydrogen-bond donors (Lipinski definition) is 2. The largest absolute Gasteiger partial charge is 0.490 e. The lowest BCUT2D eigenvalue weighted by Crippen LogP contribution is -2.59. The Balaban J connectivity index is 0.000000370. The number of nitrogens with two attached hydrogens (primary N) is 1. The van der Waals surface area contributed by atoms with Crippen LogP contribution in [0.3, 0.4) is 0 Å². The number of aliphatic carboxylic acids is 1. The molecular weight excluding hydrogens is 397 g/mol. The van der Waals surface area contributed by atoms with Crippen LogP contribution < -0.4 is 5.73 Å². The summed E-state index contributed by atoms with van der Waals surface area (Å²) in [6.07, 6.45) is -0.448. The van der Waals surface area contributed by atoms with Gasteiger partial charge in [-0.2, -0.15) is 13.2 Å². The van der Waals surface area contributed by atoms with Crippen LogP contribution in [-0.2, 0) is 9.53 Å². The van der Waals surface area contributed by atoms with Gasteiger partial charge >= 0.3 is 18.2 Å². The second-order valence-corrected chi connectivity index (χ2v) is 6.63. The number of carbonyl (C=O) groups excluding carboxylic acids is 2. The molecule has 2 fully saturated rings. The van der Waals surface area contributed by atoms with Crippen molar-refractivity contribution in [3.8, 4) is 0 Å². The van der Waals surface area contributed by atoms with Gasteiger partial charge in [-0.1, -0.05) is 0 Å². The second kappa shape index (κ2) is 9.07. The molecule has 29 heavy (non-hydrogen) atoms. The minimum atomic E-state index is -5.08. The fourth-order valence-corrected chi connectivity index (χ4v) is 3.13. The molecule has 12 heteroatoms. The first kappa shape index (κ1) is 22.4. The lowest BCUT2D eigenvalue weighted by atomic mass is 9.89. The van der Waals surface area contributed by atoms with Gasteiger partial charge in [0, 0.05) is 32.0 Å². The van der Waals surface area contributed by atoms with Crippen molar-refractivity contribution in [2.24, 2.45) is 5.73 Å². The molecule has 3 N–H and O–H groups in total. The van der Waals surface area contributed by atoms with Crippen LogP contribution in [0.2, 0.25) is 0 Å². The molecule has 0 atom stereocenters. The number of ether oxygens (including phenoxy) is 1. The zero-order chi connectivity index (χ0) is 21.7. The molecule has 1 aromatic heterocycles. The van der Waals surface area contributed by atoms with Gasteiger partial charge in [-0.25, -0.2) is 9.59 Å². The molecule has 1 aromatic rings. The van der Waals surface area contributed by atoms with Gasteiger partial charge in [0.05, 0.1) is 24.3 Å². The van der Waals surface area contributed by atoms with Gasteiger partial charge in [-0.05, 0) is 25.0 Å². The molecular formula is C17H21F3N4O5. The van der Waals surface area contributed by atoms with E-state index in [1.807, 2.05) is 4.90 Å². The number of carbonyl (C=O) groups is 3. The number of pyridine rings is 1. The molecule has 1 spiro atoms. The monoisotopic (exact) mass is 418 g/mol. The summed E-state index contributed by atoms with van der Waals surface area (Å²) in [6.45, 7) is 2.79. The Morgan fingerprint density at radius 2 is 1.79 bits per heavy atom. The number of carboxylic acids is 1. The molecule has 0 aromatic carbocycles. The third-order valence-corrected chi connectivity index (χ3v) is 4.67. The van der Waals surface area contributed by atoms with Crippen LogP contribution in [0, 0.1) is 0 Å². The first-order valence-corrected chi connectivity index (χ1v) is 8.72. The summed E-state index contributed by atoms with van der Waals surface area (Å²) >= 11 is 0. The van der Waals surface area contributed by atoms with E-state index in [1.165, 1.54) is 0 Å². The molecule has 2 saturated heterocycles. The van der Waals surface area contributed by atoms with Crippen molar-refractivity contribution in [1.29, 1.82) is 0 Å². The van der Waals surface area contributed by atoms with Crippen molar-refractivity contribution in [2.45, 2.75) is 24.6 Å². The lowest BCUT2D eigenvalue weighted by molar-refractivity contribution is -0.192. The molecule has 0 unspecified atom stereocenters.